The van der Waals surface area contributed by atoms with E-state index in [-0.39, 0.29) is 5.41 Å². The molecule has 0 bridgehead atoms. The summed E-state index contributed by atoms with van der Waals surface area (Å²) in [6.07, 6.45) is 0.723. The molecule has 5 heteroatoms. The highest BCUT2D eigenvalue weighted by Crippen LogP contribution is 2.23. The van der Waals surface area contributed by atoms with E-state index in [1.807, 2.05) is 52.8 Å². The van der Waals surface area contributed by atoms with Crippen molar-refractivity contribution in [2.24, 2.45) is 11.3 Å². The van der Waals surface area contributed by atoms with Crippen molar-refractivity contribution in [2.45, 2.75) is 66.6 Å². The zero-order valence-electron chi connectivity index (χ0n) is 17.1. The molecule has 0 amide bonds. The predicted molar refractivity (Wildman–Crippen MR) is 104 cm³/mol. The summed E-state index contributed by atoms with van der Waals surface area (Å²) in [6.45, 7) is 13.4. The summed E-state index contributed by atoms with van der Waals surface area (Å²) in [6, 6.07) is 8.18. The van der Waals surface area contributed by atoms with Crippen molar-refractivity contribution in [3.8, 4) is 5.75 Å². The highest BCUT2D eigenvalue weighted by Gasteiger charge is 2.22. The number of aliphatic hydroxyl groups excluding tert-OH is 2. The van der Waals surface area contributed by atoms with Crippen LogP contribution < -0.4 is 4.74 Å². The van der Waals surface area contributed by atoms with Crippen LogP contribution in [0.3, 0.4) is 0 Å². The molecule has 1 aromatic rings. The van der Waals surface area contributed by atoms with E-state index in [1.165, 1.54) is 5.56 Å². The van der Waals surface area contributed by atoms with Gasteiger partial charge in [-0.3, -0.25) is 4.79 Å². The van der Waals surface area contributed by atoms with Crippen LogP contribution in [0.4, 0.5) is 0 Å². The molecule has 1 aliphatic heterocycles. The number of aliphatic hydroxyl groups is 2. The van der Waals surface area contributed by atoms with Crippen LogP contribution >= 0.6 is 0 Å². The molecule has 1 heterocycles. The van der Waals surface area contributed by atoms with Gasteiger partial charge in [0.2, 0.25) is 0 Å². The second-order valence-electron chi connectivity index (χ2n) is 8.00. The van der Waals surface area contributed by atoms with Gasteiger partial charge in [0.25, 0.3) is 6.47 Å². The van der Waals surface area contributed by atoms with Crippen molar-refractivity contribution in [3.63, 3.8) is 0 Å². The number of ether oxygens (including phenoxy) is 2. The highest BCUT2D eigenvalue weighted by molar-refractivity contribution is 5.36. The molecular weight excluding hydrogens is 332 g/mol. The lowest BCUT2D eigenvalue weighted by Gasteiger charge is -2.26. The molecule has 2 atom stereocenters. The lowest BCUT2D eigenvalue weighted by atomic mass is 9.86. The molecule has 0 aromatic heterocycles. The molecule has 0 saturated carbocycles. The smallest absolute Gasteiger partial charge is 0.293 e. The van der Waals surface area contributed by atoms with Gasteiger partial charge in [0, 0.05) is 6.42 Å². The normalized spacial score (nSPS) is 14.7. The number of carbonyl (C=O) groups is 1. The summed E-state index contributed by atoms with van der Waals surface area (Å²) >= 11 is 0. The van der Waals surface area contributed by atoms with Gasteiger partial charge in [0.1, 0.15) is 5.75 Å². The Morgan fingerprint density at radius 2 is 1.81 bits per heavy atom. The maximum absolute atomic E-state index is 9.49. The number of carbonyl (C=O) groups excluding carboxylic acids is 1. The minimum Gasteiger partial charge on any atom is -0.493 e. The molecule has 26 heavy (non-hydrogen) atoms. The Morgan fingerprint density at radius 3 is 2.19 bits per heavy atom. The van der Waals surface area contributed by atoms with Crippen molar-refractivity contribution in [1.82, 2.24) is 0 Å². The molecule has 0 radical (unpaired) electrons. The van der Waals surface area contributed by atoms with E-state index in [2.05, 4.69) is 10.8 Å². The summed E-state index contributed by atoms with van der Waals surface area (Å²) in [5, 5.41) is 18.3. The second kappa shape index (κ2) is 12.7. The molecule has 0 aliphatic carbocycles. The highest BCUT2D eigenvalue weighted by atomic mass is 16.5. The third-order valence-electron chi connectivity index (χ3n) is 3.66. The largest absolute Gasteiger partial charge is 0.493 e. The lowest BCUT2D eigenvalue weighted by Crippen LogP contribution is -2.29. The van der Waals surface area contributed by atoms with Gasteiger partial charge >= 0.3 is 0 Å². The van der Waals surface area contributed by atoms with Gasteiger partial charge < -0.3 is 19.7 Å². The molecule has 0 saturated heterocycles. The third-order valence-corrected chi connectivity index (χ3v) is 3.66. The average molecular weight is 369 g/mol. The number of rotatable bonds is 5. The first-order chi connectivity index (χ1) is 12.1. The fourth-order valence-corrected chi connectivity index (χ4v) is 2.03. The Morgan fingerprint density at radius 1 is 1.19 bits per heavy atom. The van der Waals surface area contributed by atoms with Crippen molar-refractivity contribution in [2.75, 3.05) is 13.2 Å². The SMILES string of the molecule is CC(C)COC=O.CC(O)CC(O)C(C)(C)C.c1ccc2c(c1)CCO2. The summed E-state index contributed by atoms with van der Waals surface area (Å²) in [4.78, 5) is 9.49. The minimum atomic E-state index is -0.410. The number of benzene rings is 1. The van der Waals surface area contributed by atoms with Crippen molar-refractivity contribution in [1.29, 1.82) is 0 Å². The fraction of sp³-hybridized carbons (Fsp3) is 0.667. The first kappa shape index (κ1) is 24.4. The van der Waals surface area contributed by atoms with Crippen LogP contribution in [0.25, 0.3) is 0 Å². The van der Waals surface area contributed by atoms with E-state index in [0.717, 1.165) is 18.8 Å². The van der Waals surface area contributed by atoms with Gasteiger partial charge in [0.05, 0.1) is 25.4 Å². The Bertz CT molecular complexity index is 468. The molecule has 1 aromatic carbocycles. The summed E-state index contributed by atoms with van der Waals surface area (Å²) in [5.74, 6) is 1.52. The number of hydrogen-bond acceptors (Lipinski definition) is 5. The van der Waals surface area contributed by atoms with Gasteiger partial charge in [0.15, 0.2) is 0 Å². The second-order valence-corrected chi connectivity index (χ2v) is 8.00. The summed E-state index contributed by atoms with van der Waals surface area (Å²) in [5.41, 5.74) is 1.23. The van der Waals surface area contributed by atoms with Gasteiger partial charge in [-0.2, -0.15) is 0 Å². The Labute approximate surface area is 158 Å². The van der Waals surface area contributed by atoms with Crippen molar-refractivity contribution < 1.29 is 24.5 Å². The molecular formula is C21H36O5. The molecule has 5 nitrogen and oxygen atoms in total. The Kier molecular flexibility index (Phi) is 11.9. The van der Waals surface area contributed by atoms with E-state index in [4.69, 9.17) is 9.84 Å². The topological polar surface area (TPSA) is 76.0 Å². The van der Waals surface area contributed by atoms with Crippen LogP contribution in [0, 0.1) is 11.3 Å². The third kappa shape index (κ3) is 11.9. The average Bonchev–Trinajstić information content (AvgIpc) is 3.01. The summed E-state index contributed by atoms with van der Waals surface area (Å²) in [7, 11) is 0. The minimum absolute atomic E-state index is 0.114. The molecule has 150 valence electrons. The first-order valence-corrected chi connectivity index (χ1v) is 9.20. The monoisotopic (exact) mass is 368 g/mol. The molecule has 1 aliphatic rings. The molecule has 2 unspecified atom stereocenters. The Balaban J connectivity index is 0.000000367. The summed E-state index contributed by atoms with van der Waals surface area (Å²) < 4.78 is 9.71. The molecule has 2 rings (SSSR count). The molecule has 2 N–H and O–H groups in total. The van der Waals surface area contributed by atoms with Crippen LogP contribution in [0.2, 0.25) is 0 Å². The first-order valence-electron chi connectivity index (χ1n) is 9.20. The lowest BCUT2D eigenvalue weighted by molar-refractivity contribution is -0.129. The van der Waals surface area contributed by atoms with Crippen LogP contribution in [0.5, 0.6) is 5.75 Å². The number of fused-ring (bicyclic) bond motifs is 1. The van der Waals surface area contributed by atoms with Crippen LogP contribution in [-0.4, -0.2) is 42.1 Å². The van der Waals surface area contributed by atoms with Gasteiger partial charge in [-0.25, -0.2) is 0 Å². The maximum atomic E-state index is 9.49. The number of para-hydroxylation sites is 1. The predicted octanol–water partition coefficient (Wildman–Crippen LogP) is 3.60. The van der Waals surface area contributed by atoms with Crippen LogP contribution in [0.1, 0.15) is 53.5 Å². The number of hydrogen-bond donors (Lipinski definition) is 2. The zero-order valence-corrected chi connectivity index (χ0v) is 17.1. The van der Waals surface area contributed by atoms with Crippen molar-refractivity contribution >= 4 is 6.47 Å². The standard InChI is InChI=1S/C8H18O2.C8H8O.C5H10O2/c1-6(9)5-7(10)8(2,3)4;1-2-4-8-7(3-1)5-6-9-8;1-5(2)3-7-4-6/h6-7,9-10H,5H2,1-4H3;1-4H,5-6H2;4-5H,3H2,1-2H3. The van der Waals surface area contributed by atoms with Crippen LogP contribution in [-0.2, 0) is 16.0 Å². The van der Waals surface area contributed by atoms with Crippen LogP contribution in [0.15, 0.2) is 24.3 Å². The van der Waals surface area contributed by atoms with E-state index in [1.54, 1.807) is 6.92 Å². The van der Waals surface area contributed by atoms with E-state index in [9.17, 15) is 9.90 Å². The molecule has 0 spiro atoms. The zero-order chi connectivity index (χ0) is 20.2. The van der Waals surface area contributed by atoms with Gasteiger partial charge in [-0.15, -0.1) is 0 Å². The molecule has 0 fully saturated rings. The quantitative estimate of drug-likeness (QED) is 0.777. The van der Waals surface area contributed by atoms with E-state index < -0.39 is 12.2 Å². The van der Waals surface area contributed by atoms with Gasteiger partial charge in [-0.05, 0) is 36.3 Å². The fourth-order valence-electron chi connectivity index (χ4n) is 2.03. The van der Waals surface area contributed by atoms with E-state index in [0.29, 0.717) is 25.4 Å². The van der Waals surface area contributed by atoms with Crippen molar-refractivity contribution in [3.05, 3.63) is 29.8 Å². The van der Waals surface area contributed by atoms with E-state index >= 15 is 0 Å². The van der Waals surface area contributed by atoms with Gasteiger partial charge in [-0.1, -0.05) is 52.8 Å². The Hall–Kier alpha value is -1.59. The maximum Gasteiger partial charge on any atom is 0.293 e.